The highest BCUT2D eigenvalue weighted by Crippen LogP contribution is 2.33. The predicted octanol–water partition coefficient (Wildman–Crippen LogP) is 4.90. The molecule has 25 heavy (non-hydrogen) atoms. The summed E-state index contributed by atoms with van der Waals surface area (Å²) in [6, 6.07) is 8.42. The first-order chi connectivity index (χ1) is 11.9. The van der Waals surface area contributed by atoms with Gasteiger partial charge < -0.3 is 9.52 Å². The molecular weight excluding hydrogens is 385 g/mol. The molecule has 2 N–H and O–H groups in total. The Morgan fingerprint density at radius 3 is 2.76 bits per heavy atom. The van der Waals surface area contributed by atoms with E-state index in [-0.39, 0.29) is 4.91 Å². The Hall–Kier alpha value is -2.22. The van der Waals surface area contributed by atoms with Crippen LogP contribution in [0.3, 0.4) is 0 Å². The smallest absolute Gasteiger partial charge is 0.342 e. The van der Waals surface area contributed by atoms with E-state index in [4.69, 9.17) is 27.6 Å². The second-order valence-electron chi connectivity index (χ2n) is 4.95. The number of carboxylic acids is 1. The standard InChI is InChI=1S/C16H11Cl2N3O3S/c1-8-19-16(21-20-8)25-14(15(22)23)7-10-3-5-13(24-10)11-4-2-9(17)6-12(11)18/h2-7H,1H3,(H,22,23)(H,19,20,21)/b14-7+. The molecular formula is C16H11Cl2N3O3S. The summed E-state index contributed by atoms with van der Waals surface area (Å²) in [7, 11) is 0. The number of halogens is 2. The maximum Gasteiger partial charge on any atom is 0.342 e. The molecule has 0 aliphatic carbocycles. The largest absolute Gasteiger partial charge is 0.477 e. The third-order valence-corrected chi connectivity index (χ3v) is 4.51. The van der Waals surface area contributed by atoms with Crippen LogP contribution in [0.2, 0.25) is 10.0 Å². The predicted molar refractivity (Wildman–Crippen MR) is 96.8 cm³/mol. The lowest BCUT2D eigenvalue weighted by molar-refractivity contribution is -0.131. The molecule has 3 aromatic rings. The van der Waals surface area contributed by atoms with Crippen molar-refractivity contribution in [3.8, 4) is 11.3 Å². The highest BCUT2D eigenvalue weighted by Gasteiger charge is 2.15. The van der Waals surface area contributed by atoms with Crippen LogP contribution in [0.1, 0.15) is 11.6 Å². The zero-order valence-electron chi connectivity index (χ0n) is 12.8. The summed E-state index contributed by atoms with van der Waals surface area (Å²) in [4.78, 5) is 15.6. The topological polar surface area (TPSA) is 92.0 Å². The molecule has 2 heterocycles. The number of carboxylic acid groups (broad SMARTS) is 1. The highest BCUT2D eigenvalue weighted by molar-refractivity contribution is 8.04. The first kappa shape index (κ1) is 17.6. The van der Waals surface area contributed by atoms with Crippen LogP contribution in [-0.4, -0.2) is 26.3 Å². The normalized spacial score (nSPS) is 11.7. The molecule has 3 rings (SSSR count). The fourth-order valence-electron chi connectivity index (χ4n) is 1.99. The van der Waals surface area contributed by atoms with Crippen molar-refractivity contribution in [1.82, 2.24) is 15.2 Å². The van der Waals surface area contributed by atoms with Crippen molar-refractivity contribution >= 4 is 47.0 Å². The molecule has 0 radical (unpaired) electrons. The third kappa shape index (κ3) is 4.25. The van der Waals surface area contributed by atoms with Crippen LogP contribution in [-0.2, 0) is 4.79 Å². The van der Waals surface area contributed by atoms with Gasteiger partial charge in [-0.15, -0.1) is 5.10 Å². The molecule has 2 aromatic heterocycles. The van der Waals surface area contributed by atoms with E-state index in [9.17, 15) is 9.90 Å². The lowest BCUT2D eigenvalue weighted by atomic mass is 10.2. The van der Waals surface area contributed by atoms with Crippen molar-refractivity contribution < 1.29 is 14.3 Å². The molecule has 0 aliphatic heterocycles. The number of aryl methyl sites for hydroxylation is 1. The van der Waals surface area contributed by atoms with Gasteiger partial charge in [0.25, 0.3) is 0 Å². The van der Waals surface area contributed by atoms with E-state index in [2.05, 4.69) is 15.2 Å². The molecule has 0 atom stereocenters. The van der Waals surface area contributed by atoms with Gasteiger partial charge in [0, 0.05) is 16.7 Å². The number of furan rings is 1. The Balaban J connectivity index is 1.88. The van der Waals surface area contributed by atoms with Crippen LogP contribution >= 0.6 is 35.0 Å². The SMILES string of the molecule is Cc1nc(S/C(=C/c2ccc(-c3ccc(Cl)cc3Cl)o2)C(=O)O)n[nH]1. The summed E-state index contributed by atoms with van der Waals surface area (Å²) < 4.78 is 5.68. The monoisotopic (exact) mass is 395 g/mol. The van der Waals surface area contributed by atoms with Gasteiger partial charge >= 0.3 is 5.97 Å². The van der Waals surface area contributed by atoms with Gasteiger partial charge in [0.15, 0.2) is 0 Å². The van der Waals surface area contributed by atoms with E-state index in [1.165, 1.54) is 6.08 Å². The second-order valence-corrected chi connectivity index (χ2v) is 6.80. The number of carbonyl (C=O) groups is 1. The summed E-state index contributed by atoms with van der Waals surface area (Å²) in [6.45, 7) is 1.73. The van der Waals surface area contributed by atoms with E-state index in [1.54, 1.807) is 37.3 Å². The molecule has 128 valence electrons. The van der Waals surface area contributed by atoms with Crippen LogP contribution in [0.15, 0.2) is 44.8 Å². The first-order valence-corrected chi connectivity index (χ1v) is 8.57. The van der Waals surface area contributed by atoms with Gasteiger partial charge in [-0.05, 0) is 49.0 Å². The Morgan fingerprint density at radius 1 is 1.32 bits per heavy atom. The lowest BCUT2D eigenvalue weighted by Crippen LogP contribution is -1.97. The van der Waals surface area contributed by atoms with Crippen molar-refractivity contribution in [3.05, 3.63) is 56.9 Å². The Bertz CT molecular complexity index is 965. The molecule has 0 spiro atoms. The minimum atomic E-state index is -1.10. The Kier molecular flexibility index (Phi) is 5.17. The van der Waals surface area contributed by atoms with Crippen molar-refractivity contribution in [2.45, 2.75) is 12.1 Å². The number of H-pyrrole nitrogens is 1. The summed E-state index contributed by atoms with van der Waals surface area (Å²) in [5.74, 6) is 0.384. The van der Waals surface area contributed by atoms with Gasteiger partial charge in [0.2, 0.25) is 5.16 Å². The van der Waals surface area contributed by atoms with Crippen LogP contribution < -0.4 is 0 Å². The van der Waals surface area contributed by atoms with E-state index < -0.39 is 5.97 Å². The molecule has 0 aliphatic rings. The molecule has 0 unspecified atom stereocenters. The van der Waals surface area contributed by atoms with Crippen molar-refractivity contribution in [2.75, 3.05) is 0 Å². The van der Waals surface area contributed by atoms with Crippen LogP contribution in [0.25, 0.3) is 17.4 Å². The zero-order valence-corrected chi connectivity index (χ0v) is 15.1. The minimum Gasteiger partial charge on any atom is -0.477 e. The van der Waals surface area contributed by atoms with Crippen LogP contribution in [0.5, 0.6) is 0 Å². The number of nitrogens with one attached hydrogen (secondary N) is 1. The fourth-order valence-corrected chi connectivity index (χ4v) is 3.23. The van der Waals surface area contributed by atoms with E-state index in [1.807, 2.05) is 0 Å². The summed E-state index contributed by atoms with van der Waals surface area (Å²) in [5, 5.41) is 17.2. The minimum absolute atomic E-state index is 0.0297. The van der Waals surface area contributed by atoms with Gasteiger partial charge in [-0.3, -0.25) is 5.10 Å². The van der Waals surface area contributed by atoms with Crippen molar-refractivity contribution in [3.63, 3.8) is 0 Å². The first-order valence-electron chi connectivity index (χ1n) is 6.99. The molecule has 0 saturated carbocycles. The van der Waals surface area contributed by atoms with E-state index in [0.717, 1.165) is 11.8 Å². The second kappa shape index (κ2) is 7.35. The van der Waals surface area contributed by atoms with E-state index in [0.29, 0.717) is 38.1 Å². The molecule has 0 amide bonds. The number of hydrogen-bond donors (Lipinski definition) is 2. The van der Waals surface area contributed by atoms with Crippen molar-refractivity contribution in [1.29, 1.82) is 0 Å². The fraction of sp³-hybridized carbons (Fsp3) is 0.0625. The zero-order chi connectivity index (χ0) is 18.0. The Labute approximate surface area is 156 Å². The van der Waals surface area contributed by atoms with Gasteiger partial charge in [-0.25, -0.2) is 9.78 Å². The highest BCUT2D eigenvalue weighted by atomic mass is 35.5. The number of rotatable bonds is 5. The number of thioether (sulfide) groups is 1. The average molecular weight is 396 g/mol. The molecule has 6 nitrogen and oxygen atoms in total. The molecule has 0 bridgehead atoms. The maximum absolute atomic E-state index is 11.5. The quantitative estimate of drug-likeness (QED) is 0.471. The summed E-state index contributed by atoms with van der Waals surface area (Å²) in [5.41, 5.74) is 0.667. The number of aromatic nitrogens is 3. The summed E-state index contributed by atoms with van der Waals surface area (Å²) >= 11 is 13.0. The number of nitrogens with zero attached hydrogens (tertiary/aromatic N) is 2. The molecule has 9 heteroatoms. The van der Waals surface area contributed by atoms with Crippen LogP contribution in [0.4, 0.5) is 0 Å². The number of aliphatic carboxylic acids is 1. The van der Waals surface area contributed by atoms with Crippen LogP contribution in [0, 0.1) is 6.92 Å². The third-order valence-electron chi connectivity index (χ3n) is 3.09. The van der Waals surface area contributed by atoms with E-state index >= 15 is 0 Å². The number of hydrogen-bond acceptors (Lipinski definition) is 5. The van der Waals surface area contributed by atoms with Crippen molar-refractivity contribution in [2.24, 2.45) is 0 Å². The summed E-state index contributed by atoms with van der Waals surface area (Å²) in [6.07, 6.45) is 1.41. The van der Waals surface area contributed by atoms with Gasteiger partial charge in [-0.1, -0.05) is 23.2 Å². The number of aromatic amines is 1. The Morgan fingerprint density at radius 2 is 2.12 bits per heavy atom. The van der Waals surface area contributed by atoms with Gasteiger partial charge in [0.05, 0.1) is 5.02 Å². The molecule has 0 fully saturated rings. The number of benzene rings is 1. The van der Waals surface area contributed by atoms with Gasteiger partial charge in [0.1, 0.15) is 22.3 Å². The maximum atomic E-state index is 11.5. The van der Waals surface area contributed by atoms with Gasteiger partial charge in [-0.2, -0.15) is 0 Å². The molecule has 0 saturated heterocycles. The molecule has 1 aromatic carbocycles. The lowest BCUT2D eigenvalue weighted by Gasteiger charge is -2.01. The average Bonchev–Trinajstić information content (AvgIpc) is 3.16.